The molecular weight excluding hydrogens is 1100 g/mol. The third-order valence-electron chi connectivity index (χ3n) is 17.7. The lowest BCUT2D eigenvalue weighted by atomic mass is 9.98. The quantitative estimate of drug-likeness (QED) is 0.0382. The van der Waals surface area contributed by atoms with E-state index < -0.39 is 48.3 Å². The van der Waals surface area contributed by atoms with Crippen molar-refractivity contribution < 1.29 is 54.6 Å². The van der Waals surface area contributed by atoms with Crippen LogP contribution >= 0.6 is 0 Å². The van der Waals surface area contributed by atoms with Crippen molar-refractivity contribution >= 4 is 113 Å². The lowest BCUT2D eigenvalue weighted by Crippen LogP contribution is -2.06. The van der Waals surface area contributed by atoms with Gasteiger partial charge in [0.2, 0.25) is 0 Å². The number of aliphatic hydroxyl groups excluding tert-OH is 2. The van der Waals surface area contributed by atoms with Crippen molar-refractivity contribution in [2.45, 2.75) is 159 Å². The molecule has 0 aliphatic carbocycles. The van der Waals surface area contributed by atoms with E-state index in [9.17, 15) is 49.8 Å². The highest BCUT2D eigenvalue weighted by atomic mass is 16.5. The molecule has 452 valence electrons. The Morgan fingerprint density at radius 2 is 0.701 bits per heavy atom. The Morgan fingerprint density at radius 1 is 0.379 bits per heavy atom. The largest absolute Gasteiger partial charge is 0.481 e. The summed E-state index contributed by atoms with van der Waals surface area (Å²) >= 11 is 0. The number of aliphatic hydroxyl groups is 2. The van der Waals surface area contributed by atoms with Crippen molar-refractivity contribution in [2.24, 2.45) is 0 Å². The average molecular weight is 1180 g/mol. The fraction of sp³-hybridized carbons (Fsp3) is 0.353. The second-order valence-corrected chi connectivity index (χ2v) is 23.4. The molecule has 10 rings (SSSR count). The van der Waals surface area contributed by atoms with E-state index in [-0.39, 0.29) is 51.4 Å². The van der Waals surface area contributed by atoms with Gasteiger partial charge in [0.15, 0.2) is 0 Å². The monoisotopic (exact) mass is 1180 g/mol. The van der Waals surface area contributed by atoms with Gasteiger partial charge in [0.25, 0.3) is 0 Å². The van der Waals surface area contributed by atoms with E-state index in [4.69, 9.17) is 24.7 Å². The van der Waals surface area contributed by atoms with Crippen molar-refractivity contribution in [2.75, 3.05) is 0 Å². The summed E-state index contributed by atoms with van der Waals surface area (Å²) in [6.07, 6.45) is -2.72. The molecular formula is C68H74N8O11. The molecule has 10 N–H and O–H groups in total. The molecule has 16 bridgehead atoms. The standard InChI is InChI=1S/C68H74N8O11/c1-29-41(13-17-61(79)80)53-28-56-44(16-20-64(85)86)32(4)48(72-56)24-59-68(36(8)52(76-59)25-58-65(37(9)77)33(5)49(73-58)21-45(29)69-53)40(12)87-39(11)67-35(7)50-22-46-30(2)42(14-18-62(81)82)54(70-46)27-55-43(15-19-63(83)84)31(3)47(71-55)23-57-66(38(10)78)34(6)51(74-57)26-60(67)75-50/h21-28,37-40,72,74-78H,13-20H2,1-12H3,(H,79,80)(H,81,82)(H,83,84)(H,85,86). The van der Waals surface area contributed by atoms with Gasteiger partial charge in [0.05, 0.1) is 70.0 Å². The van der Waals surface area contributed by atoms with Crippen LogP contribution in [0.4, 0.5) is 0 Å². The maximum absolute atomic E-state index is 12.2. The van der Waals surface area contributed by atoms with E-state index in [0.29, 0.717) is 95.3 Å². The zero-order valence-electron chi connectivity index (χ0n) is 51.1. The van der Waals surface area contributed by atoms with E-state index in [0.717, 1.165) is 83.5 Å². The van der Waals surface area contributed by atoms with Crippen LogP contribution in [0.5, 0.6) is 0 Å². The number of hydrogen-bond acceptors (Lipinski definition) is 11. The first-order valence-corrected chi connectivity index (χ1v) is 29.4. The van der Waals surface area contributed by atoms with E-state index in [2.05, 4.69) is 19.9 Å². The summed E-state index contributed by atoms with van der Waals surface area (Å²) in [5, 5.41) is 62.2. The number of carbonyl (C=O) groups is 4. The van der Waals surface area contributed by atoms with E-state index in [1.165, 1.54) is 0 Å². The Morgan fingerprint density at radius 3 is 1.15 bits per heavy atom. The summed E-state index contributed by atoms with van der Waals surface area (Å²) < 4.78 is 7.28. The van der Waals surface area contributed by atoms with Gasteiger partial charge in [-0.05, 0) is 224 Å². The zero-order chi connectivity index (χ0) is 62.8. The minimum atomic E-state index is -0.962. The number of nitrogens with one attached hydrogen (secondary N) is 4. The number of aryl methyl sites for hydroxylation is 5. The van der Waals surface area contributed by atoms with E-state index >= 15 is 0 Å². The molecule has 19 nitrogen and oxygen atoms in total. The third-order valence-corrected chi connectivity index (χ3v) is 17.7. The highest BCUT2D eigenvalue weighted by molar-refractivity contribution is 5.99. The van der Waals surface area contributed by atoms with Crippen LogP contribution < -0.4 is 0 Å². The van der Waals surface area contributed by atoms with Crippen molar-refractivity contribution in [3.63, 3.8) is 0 Å². The molecule has 0 aromatic carbocycles. The summed E-state index contributed by atoms with van der Waals surface area (Å²) in [4.78, 5) is 83.1. The smallest absolute Gasteiger partial charge is 0.303 e. The van der Waals surface area contributed by atoms with Gasteiger partial charge in [-0.25, -0.2) is 19.9 Å². The second kappa shape index (κ2) is 24.0. The number of aromatic amines is 4. The van der Waals surface area contributed by atoms with Crippen LogP contribution in [-0.4, -0.2) is 100 Å². The van der Waals surface area contributed by atoms with Gasteiger partial charge < -0.3 is 55.3 Å². The van der Waals surface area contributed by atoms with Gasteiger partial charge in [0, 0.05) is 92.1 Å². The molecule has 19 heteroatoms. The first-order chi connectivity index (χ1) is 41.2. The van der Waals surface area contributed by atoms with Crippen LogP contribution in [0.2, 0.25) is 0 Å². The number of H-pyrrole nitrogens is 4. The lowest BCUT2D eigenvalue weighted by Gasteiger charge is -2.20. The number of aliphatic carboxylic acids is 4. The van der Waals surface area contributed by atoms with E-state index in [1.54, 1.807) is 13.8 Å². The van der Waals surface area contributed by atoms with Crippen molar-refractivity contribution in [1.82, 2.24) is 39.9 Å². The van der Waals surface area contributed by atoms with Crippen LogP contribution in [-0.2, 0) is 30.3 Å². The number of allylic oxidation sites excluding steroid dienone is 7. The Kier molecular flexibility index (Phi) is 16.9. The molecule has 4 unspecified atom stereocenters. The Hall–Kier alpha value is -9.04. The van der Waals surface area contributed by atoms with Crippen molar-refractivity contribution in [3.05, 3.63) is 139 Å². The van der Waals surface area contributed by atoms with Crippen molar-refractivity contribution in [3.8, 4) is 0 Å². The number of ether oxygens (including phenoxy) is 1. The average Bonchev–Trinajstić information content (AvgIpc) is 1.75. The Labute approximate surface area is 502 Å². The molecule has 0 saturated carbocycles. The molecule has 6 aromatic rings. The number of aromatic nitrogens is 8. The highest BCUT2D eigenvalue weighted by Crippen LogP contribution is 2.43. The van der Waals surface area contributed by atoms with Gasteiger partial charge in [-0.1, -0.05) is 0 Å². The van der Waals surface area contributed by atoms with Crippen LogP contribution in [0.3, 0.4) is 0 Å². The molecule has 0 radical (unpaired) electrons. The second-order valence-electron chi connectivity index (χ2n) is 23.4. The summed E-state index contributed by atoms with van der Waals surface area (Å²) in [7, 11) is 0. The number of fused-ring (bicyclic) bond motifs is 16. The van der Waals surface area contributed by atoms with Crippen molar-refractivity contribution in [1.29, 1.82) is 0 Å². The minimum absolute atomic E-state index is 0.129. The molecule has 4 atom stereocenters. The number of rotatable bonds is 18. The Bertz CT molecular complexity index is 4420. The zero-order valence-corrected chi connectivity index (χ0v) is 51.1. The molecule has 0 saturated heterocycles. The molecule has 87 heavy (non-hydrogen) atoms. The van der Waals surface area contributed by atoms with Crippen LogP contribution in [0.25, 0.3) is 88.7 Å². The van der Waals surface area contributed by atoms with Gasteiger partial charge in [-0.3, -0.25) is 19.2 Å². The SMILES string of the molecule is CC1=C(CCC(=O)O)c2cc3nc(cc4[nH]c(cc5[nH]c(cc1n2)c(C)c5C(C)OC(C)c1c(C)c2cc5nc(cc6nc(cc7[nH]c(cc1[nH]2)c(C)c7CCC(=O)O)C(CCC(=O)O)=C6C)C(C)=C5C(C)O)c(C)c4C(C)O)C(C)=C3CCC(=O)O. The maximum Gasteiger partial charge on any atom is 0.303 e. The molecule has 0 amide bonds. The van der Waals surface area contributed by atoms with Crippen LogP contribution in [0, 0.1) is 27.7 Å². The van der Waals surface area contributed by atoms with Gasteiger partial charge in [-0.15, -0.1) is 0 Å². The minimum Gasteiger partial charge on any atom is -0.481 e. The normalized spacial score (nSPS) is 15.0. The number of nitrogens with zero attached hydrogens (tertiary/aromatic N) is 4. The van der Waals surface area contributed by atoms with Gasteiger partial charge in [0.1, 0.15) is 0 Å². The fourth-order valence-electron chi connectivity index (χ4n) is 13.0. The van der Waals surface area contributed by atoms with Gasteiger partial charge in [-0.2, -0.15) is 0 Å². The molecule has 0 fully saturated rings. The summed E-state index contributed by atoms with van der Waals surface area (Å²) in [6, 6.07) is 15.3. The van der Waals surface area contributed by atoms with E-state index in [1.807, 2.05) is 118 Å². The predicted octanol–water partition coefficient (Wildman–Crippen LogP) is 13.8. The summed E-state index contributed by atoms with van der Waals surface area (Å²) in [5.41, 5.74) is 22.5. The lowest BCUT2D eigenvalue weighted by molar-refractivity contribution is -0.137. The van der Waals surface area contributed by atoms with Crippen LogP contribution in [0.1, 0.15) is 209 Å². The molecule has 4 aliphatic heterocycles. The number of carboxylic acid groups (broad SMARTS) is 4. The summed E-state index contributed by atoms with van der Waals surface area (Å²) in [5.74, 6) is -3.82. The first-order valence-electron chi connectivity index (χ1n) is 29.4. The Balaban J connectivity index is 1.20. The number of carboxylic acids is 4. The third kappa shape index (κ3) is 11.9. The maximum atomic E-state index is 12.2. The van der Waals surface area contributed by atoms with Gasteiger partial charge >= 0.3 is 23.9 Å². The molecule has 10 heterocycles. The molecule has 0 spiro atoms. The predicted molar refractivity (Wildman–Crippen MR) is 338 cm³/mol. The highest BCUT2D eigenvalue weighted by Gasteiger charge is 2.29. The first kappa shape index (κ1) is 61.1. The fourth-order valence-corrected chi connectivity index (χ4v) is 13.0. The summed E-state index contributed by atoms with van der Waals surface area (Å²) in [6.45, 7) is 23.0. The topological polar surface area (TPSA) is 314 Å². The number of hydrogen-bond donors (Lipinski definition) is 10. The van der Waals surface area contributed by atoms with Crippen LogP contribution in [0.15, 0.2) is 48.5 Å². The molecule has 6 aromatic heterocycles. The molecule has 4 aliphatic rings.